The average molecular weight is 400 g/mol. The van der Waals surface area contributed by atoms with Crippen LogP contribution in [0.5, 0.6) is 11.6 Å². The van der Waals surface area contributed by atoms with E-state index < -0.39 is 0 Å². The minimum Gasteiger partial charge on any atom is -0.439 e. The Morgan fingerprint density at radius 1 is 0.900 bits per heavy atom. The monoisotopic (exact) mass is 400 g/mol. The number of hydrogen-bond acceptors (Lipinski definition) is 5. The first kappa shape index (κ1) is 19.1. The zero-order valence-corrected chi connectivity index (χ0v) is 16.5. The number of aromatic nitrogens is 4. The van der Waals surface area contributed by atoms with E-state index in [2.05, 4.69) is 25.6 Å². The van der Waals surface area contributed by atoms with Gasteiger partial charge in [-0.3, -0.25) is 4.57 Å². The molecule has 0 saturated heterocycles. The lowest BCUT2D eigenvalue weighted by Gasteiger charge is -2.10. The maximum absolute atomic E-state index is 12.1. The Hall–Kier alpha value is -4.20. The van der Waals surface area contributed by atoms with Crippen molar-refractivity contribution in [2.24, 2.45) is 0 Å². The number of nitrogens with zero attached hydrogens (tertiary/aromatic N) is 4. The van der Waals surface area contributed by atoms with E-state index in [-0.39, 0.29) is 6.03 Å². The average Bonchev–Trinajstić information content (AvgIpc) is 3.09. The molecule has 0 atom stereocenters. The summed E-state index contributed by atoms with van der Waals surface area (Å²) in [5, 5.41) is 5.55. The molecule has 0 fully saturated rings. The fourth-order valence-corrected chi connectivity index (χ4v) is 2.79. The second-order valence-electron chi connectivity index (χ2n) is 6.57. The second-order valence-corrected chi connectivity index (χ2v) is 6.57. The van der Waals surface area contributed by atoms with Gasteiger partial charge >= 0.3 is 6.03 Å². The molecule has 4 aromatic rings. The number of nitrogens with one attached hydrogen (secondary N) is 2. The third-order valence-corrected chi connectivity index (χ3v) is 4.49. The number of carbonyl (C=O) groups is 1. The molecule has 2 heterocycles. The number of rotatable bonds is 5. The number of aryl methyl sites for hydroxylation is 1. The lowest BCUT2D eigenvalue weighted by molar-refractivity contribution is 0.262. The molecule has 2 aromatic carbocycles. The van der Waals surface area contributed by atoms with E-state index in [1.807, 2.05) is 48.7 Å². The van der Waals surface area contributed by atoms with Crippen molar-refractivity contribution in [3.63, 3.8) is 0 Å². The normalized spacial score (nSPS) is 10.5. The quantitative estimate of drug-likeness (QED) is 0.506. The Morgan fingerprint density at radius 3 is 2.27 bits per heavy atom. The van der Waals surface area contributed by atoms with Crippen LogP contribution in [0.3, 0.4) is 0 Å². The van der Waals surface area contributed by atoms with Crippen LogP contribution in [0.1, 0.15) is 11.4 Å². The molecule has 0 radical (unpaired) electrons. The van der Waals surface area contributed by atoms with Gasteiger partial charge in [-0.15, -0.1) is 0 Å². The fraction of sp³-hybridized carbons (Fsp3) is 0.0909. The van der Waals surface area contributed by atoms with Gasteiger partial charge in [-0.05, 0) is 50.2 Å². The van der Waals surface area contributed by atoms with Crippen molar-refractivity contribution < 1.29 is 9.53 Å². The zero-order chi connectivity index (χ0) is 20.9. The van der Waals surface area contributed by atoms with Crippen molar-refractivity contribution in [3.05, 3.63) is 84.7 Å². The fourth-order valence-electron chi connectivity index (χ4n) is 2.79. The number of urea groups is 1. The molecule has 0 spiro atoms. The number of amides is 2. The van der Waals surface area contributed by atoms with Crippen molar-refractivity contribution >= 4 is 17.4 Å². The van der Waals surface area contributed by atoms with Gasteiger partial charge in [-0.2, -0.15) is 0 Å². The summed E-state index contributed by atoms with van der Waals surface area (Å²) in [4.78, 5) is 24.8. The molecule has 0 aliphatic heterocycles. The second kappa shape index (κ2) is 8.44. The molecule has 30 heavy (non-hydrogen) atoms. The largest absolute Gasteiger partial charge is 0.439 e. The molecular weight excluding hydrogens is 380 g/mol. The van der Waals surface area contributed by atoms with E-state index in [1.54, 1.807) is 36.7 Å². The van der Waals surface area contributed by atoms with Gasteiger partial charge in [-0.25, -0.2) is 19.7 Å². The SMILES string of the molecule is Cc1ncn(-c2cc(Oc3ccc(NC(=O)Nc4ccccc4)cc3)ncn2)c1C. The van der Waals surface area contributed by atoms with Crippen molar-refractivity contribution in [2.75, 3.05) is 10.6 Å². The van der Waals surface area contributed by atoms with Gasteiger partial charge in [0.05, 0.1) is 5.69 Å². The summed E-state index contributed by atoms with van der Waals surface area (Å²) in [6.07, 6.45) is 3.17. The standard InChI is InChI=1S/C22H20N6O2/c1-15-16(2)28(14-25-15)20-12-21(24-13-23-20)30-19-10-8-18(9-11-19)27-22(29)26-17-6-4-3-5-7-17/h3-14H,1-2H3,(H2,26,27,29). The Bertz CT molecular complexity index is 1160. The number of ether oxygens (including phenoxy) is 1. The molecule has 0 saturated carbocycles. The summed E-state index contributed by atoms with van der Waals surface area (Å²) < 4.78 is 7.71. The Labute approximate surface area is 173 Å². The number of para-hydroxylation sites is 1. The number of imidazole rings is 1. The van der Waals surface area contributed by atoms with E-state index in [1.165, 1.54) is 6.33 Å². The molecule has 0 aliphatic rings. The Kier molecular flexibility index (Phi) is 5.38. The molecule has 0 aliphatic carbocycles. The summed E-state index contributed by atoms with van der Waals surface area (Å²) in [5.41, 5.74) is 3.31. The minimum atomic E-state index is -0.318. The summed E-state index contributed by atoms with van der Waals surface area (Å²) in [7, 11) is 0. The van der Waals surface area contributed by atoms with Crippen molar-refractivity contribution in [1.82, 2.24) is 19.5 Å². The maximum atomic E-state index is 12.1. The molecule has 8 nitrogen and oxygen atoms in total. The third kappa shape index (κ3) is 4.44. The highest BCUT2D eigenvalue weighted by molar-refractivity contribution is 5.99. The van der Waals surface area contributed by atoms with Crippen molar-refractivity contribution in [2.45, 2.75) is 13.8 Å². The Balaban J connectivity index is 1.41. The van der Waals surface area contributed by atoms with E-state index in [4.69, 9.17) is 4.74 Å². The van der Waals surface area contributed by atoms with Crippen LogP contribution < -0.4 is 15.4 Å². The van der Waals surface area contributed by atoms with Gasteiger partial charge in [0, 0.05) is 23.1 Å². The van der Waals surface area contributed by atoms with E-state index in [9.17, 15) is 4.79 Å². The maximum Gasteiger partial charge on any atom is 0.323 e. The molecule has 0 bridgehead atoms. The highest BCUT2D eigenvalue weighted by Gasteiger charge is 2.08. The zero-order valence-electron chi connectivity index (χ0n) is 16.5. The van der Waals surface area contributed by atoms with Gasteiger partial charge in [0.25, 0.3) is 0 Å². The van der Waals surface area contributed by atoms with Gasteiger partial charge in [-0.1, -0.05) is 18.2 Å². The van der Waals surface area contributed by atoms with Crippen LogP contribution in [0.15, 0.2) is 73.3 Å². The van der Waals surface area contributed by atoms with Crippen molar-refractivity contribution in [1.29, 1.82) is 0 Å². The predicted molar refractivity (Wildman–Crippen MR) is 114 cm³/mol. The van der Waals surface area contributed by atoms with Gasteiger partial charge in [0.15, 0.2) is 0 Å². The first-order valence-electron chi connectivity index (χ1n) is 9.32. The predicted octanol–water partition coefficient (Wildman–Crippen LogP) is 4.72. The topological polar surface area (TPSA) is 94.0 Å². The Morgan fingerprint density at radius 2 is 1.60 bits per heavy atom. The van der Waals surface area contributed by atoms with E-state index in [0.717, 1.165) is 17.1 Å². The third-order valence-electron chi connectivity index (χ3n) is 4.49. The number of anilines is 2. The number of carbonyl (C=O) groups excluding carboxylic acids is 1. The number of hydrogen-bond donors (Lipinski definition) is 2. The molecular formula is C22H20N6O2. The molecule has 2 amide bonds. The molecule has 150 valence electrons. The first-order valence-corrected chi connectivity index (χ1v) is 9.32. The van der Waals surface area contributed by atoms with Crippen LogP contribution in [0, 0.1) is 13.8 Å². The molecule has 2 N–H and O–H groups in total. The summed E-state index contributed by atoms with van der Waals surface area (Å²) in [5.74, 6) is 1.68. The summed E-state index contributed by atoms with van der Waals surface area (Å²) in [6.45, 7) is 3.92. The van der Waals surface area contributed by atoms with Crippen LogP contribution in [0.4, 0.5) is 16.2 Å². The summed E-state index contributed by atoms with van der Waals surface area (Å²) in [6, 6.07) is 17.7. The minimum absolute atomic E-state index is 0.318. The van der Waals surface area contributed by atoms with Gasteiger partial charge < -0.3 is 15.4 Å². The van der Waals surface area contributed by atoms with Crippen molar-refractivity contribution in [3.8, 4) is 17.4 Å². The van der Waals surface area contributed by atoms with Crippen LogP contribution in [-0.4, -0.2) is 25.6 Å². The lowest BCUT2D eigenvalue weighted by atomic mass is 10.3. The van der Waals surface area contributed by atoms with Crippen LogP contribution in [0.25, 0.3) is 5.82 Å². The molecule has 0 unspecified atom stereocenters. The van der Waals surface area contributed by atoms with Crippen LogP contribution in [-0.2, 0) is 0 Å². The summed E-state index contributed by atoms with van der Waals surface area (Å²) >= 11 is 0. The van der Waals surface area contributed by atoms with Crippen LogP contribution in [0.2, 0.25) is 0 Å². The van der Waals surface area contributed by atoms with Gasteiger partial charge in [0.1, 0.15) is 24.2 Å². The number of benzene rings is 2. The van der Waals surface area contributed by atoms with Crippen LogP contribution >= 0.6 is 0 Å². The molecule has 8 heteroatoms. The first-order chi connectivity index (χ1) is 14.6. The lowest BCUT2D eigenvalue weighted by Crippen LogP contribution is -2.19. The highest BCUT2D eigenvalue weighted by Crippen LogP contribution is 2.23. The smallest absolute Gasteiger partial charge is 0.323 e. The van der Waals surface area contributed by atoms with E-state index in [0.29, 0.717) is 23.1 Å². The molecule has 4 rings (SSSR count). The molecule has 2 aromatic heterocycles. The van der Waals surface area contributed by atoms with Gasteiger partial charge in [0.2, 0.25) is 5.88 Å². The highest BCUT2D eigenvalue weighted by atomic mass is 16.5. The van der Waals surface area contributed by atoms with E-state index >= 15 is 0 Å².